The minimum Gasteiger partial charge on any atom is -0.444 e. The van der Waals surface area contributed by atoms with E-state index in [1.807, 2.05) is 45.0 Å². The van der Waals surface area contributed by atoms with Crippen molar-refractivity contribution in [3.63, 3.8) is 0 Å². The number of benzene rings is 2. The second-order valence-electron chi connectivity index (χ2n) is 11.8. The van der Waals surface area contributed by atoms with Crippen molar-refractivity contribution in [2.75, 3.05) is 7.05 Å². The molecule has 0 N–H and O–H groups in total. The molecule has 1 fully saturated rings. The Kier molecular flexibility index (Phi) is 8.99. The Hall–Kier alpha value is -3.63. The van der Waals surface area contributed by atoms with Crippen LogP contribution >= 0.6 is 22.9 Å². The smallest absolute Gasteiger partial charge is 0.410 e. The molecule has 1 aliphatic rings. The van der Waals surface area contributed by atoms with E-state index in [1.54, 1.807) is 35.4 Å². The van der Waals surface area contributed by atoms with E-state index in [-0.39, 0.29) is 50.6 Å². The van der Waals surface area contributed by atoms with Crippen LogP contribution in [0.25, 0.3) is 21.3 Å². The topological polar surface area (TPSA) is 75.6 Å². The molecule has 0 aliphatic heterocycles. The van der Waals surface area contributed by atoms with Crippen molar-refractivity contribution < 1.29 is 23.1 Å². The van der Waals surface area contributed by atoms with E-state index in [2.05, 4.69) is 9.97 Å². The lowest BCUT2D eigenvalue weighted by Gasteiger charge is -2.40. The van der Waals surface area contributed by atoms with Crippen LogP contribution in [-0.4, -0.2) is 56.5 Å². The van der Waals surface area contributed by atoms with E-state index in [4.69, 9.17) is 16.3 Å². The van der Waals surface area contributed by atoms with Gasteiger partial charge in [0.2, 0.25) is 0 Å². The van der Waals surface area contributed by atoms with Crippen molar-refractivity contribution in [2.24, 2.45) is 0 Å². The Balaban J connectivity index is 1.44. The fraction of sp³-hybridized carbons (Fsp3) is 0.375. The predicted molar refractivity (Wildman–Crippen MR) is 164 cm³/mol. The van der Waals surface area contributed by atoms with Crippen LogP contribution in [0.2, 0.25) is 5.02 Å². The van der Waals surface area contributed by atoms with Crippen LogP contribution in [0.5, 0.6) is 0 Å². The van der Waals surface area contributed by atoms with Gasteiger partial charge in [0, 0.05) is 43.6 Å². The number of ether oxygens (including phenoxy) is 1. The number of rotatable bonds is 6. The predicted octanol–water partition coefficient (Wildman–Crippen LogP) is 8.11. The van der Waals surface area contributed by atoms with Crippen LogP contribution < -0.4 is 0 Å². The minimum absolute atomic E-state index is 0.0145. The summed E-state index contributed by atoms with van der Waals surface area (Å²) in [5.41, 5.74) is 1.81. The van der Waals surface area contributed by atoms with Crippen molar-refractivity contribution in [3.8, 4) is 11.3 Å². The van der Waals surface area contributed by atoms with Crippen molar-refractivity contribution in [1.82, 2.24) is 19.8 Å². The highest BCUT2D eigenvalue weighted by molar-refractivity contribution is 7.21. The van der Waals surface area contributed by atoms with E-state index in [0.29, 0.717) is 31.4 Å². The molecule has 0 bridgehead atoms. The zero-order valence-electron chi connectivity index (χ0n) is 24.4. The van der Waals surface area contributed by atoms with Crippen molar-refractivity contribution in [2.45, 2.75) is 70.7 Å². The van der Waals surface area contributed by atoms with Crippen LogP contribution in [0.4, 0.5) is 13.6 Å². The molecule has 7 nitrogen and oxygen atoms in total. The molecule has 2 aromatic carbocycles. The minimum atomic E-state index is -0.675. The lowest BCUT2D eigenvalue weighted by Crippen LogP contribution is -2.47. The van der Waals surface area contributed by atoms with E-state index in [0.717, 1.165) is 34.6 Å². The quantitative estimate of drug-likeness (QED) is 0.216. The number of halogens is 3. The van der Waals surface area contributed by atoms with Crippen molar-refractivity contribution in [1.29, 1.82) is 0 Å². The SMILES string of the molecule is CN(C(=O)OC(C)(C)C)C1CCC(N(Cc2cccc(-c3cnccn3)c2)C(=O)c2sc3c(F)ccc(F)c3c2Cl)CC1. The van der Waals surface area contributed by atoms with Gasteiger partial charge in [-0.05, 0) is 70.2 Å². The van der Waals surface area contributed by atoms with Gasteiger partial charge < -0.3 is 14.5 Å². The lowest BCUT2D eigenvalue weighted by molar-refractivity contribution is 0.0144. The summed E-state index contributed by atoms with van der Waals surface area (Å²) in [6, 6.07) is 9.52. The monoisotopic (exact) mass is 626 g/mol. The standard InChI is InChI=1S/C32H33ClF2N4O3S/c1-32(2,3)42-31(41)38(4)21-8-10-22(11-9-21)39(18-19-6-5-7-20(16-19)25-17-36-14-15-37-25)30(40)29-27(33)26-23(34)12-13-24(35)28(26)43-29/h5-7,12-17,21-22H,8-11,18H2,1-4H3. The maximum atomic E-state index is 14.7. The molecule has 0 unspecified atom stereocenters. The average molecular weight is 627 g/mol. The molecule has 5 rings (SSSR count). The summed E-state index contributed by atoms with van der Waals surface area (Å²) in [4.78, 5) is 38.9. The van der Waals surface area contributed by atoms with Crippen LogP contribution in [0, 0.1) is 11.6 Å². The molecule has 2 heterocycles. The summed E-state index contributed by atoms with van der Waals surface area (Å²) in [6.07, 6.45) is 7.07. The Morgan fingerprint density at radius 2 is 1.74 bits per heavy atom. The number of fused-ring (bicyclic) bond motifs is 1. The van der Waals surface area contributed by atoms with Gasteiger partial charge in [-0.15, -0.1) is 11.3 Å². The van der Waals surface area contributed by atoms with Gasteiger partial charge in [0.05, 0.1) is 27.0 Å². The number of hydrogen-bond donors (Lipinski definition) is 0. The first-order valence-electron chi connectivity index (χ1n) is 14.1. The molecule has 0 radical (unpaired) electrons. The van der Waals surface area contributed by atoms with E-state index >= 15 is 0 Å². The van der Waals surface area contributed by atoms with Gasteiger partial charge in [-0.1, -0.05) is 29.8 Å². The Bertz CT molecular complexity index is 1640. The fourth-order valence-corrected chi connectivity index (χ4v) is 6.95. The number of hydrogen-bond acceptors (Lipinski definition) is 6. The highest BCUT2D eigenvalue weighted by Gasteiger charge is 2.35. The largest absolute Gasteiger partial charge is 0.444 e. The van der Waals surface area contributed by atoms with Crippen molar-refractivity contribution >= 4 is 45.0 Å². The average Bonchev–Trinajstić information content (AvgIpc) is 3.35. The summed E-state index contributed by atoms with van der Waals surface area (Å²) in [5.74, 6) is -1.69. The number of nitrogens with zero attached hydrogens (tertiary/aromatic N) is 4. The van der Waals surface area contributed by atoms with Crippen LogP contribution in [0.1, 0.15) is 61.7 Å². The number of aromatic nitrogens is 2. The molecule has 226 valence electrons. The summed E-state index contributed by atoms with van der Waals surface area (Å²) in [6.45, 7) is 5.74. The number of carbonyl (C=O) groups is 2. The highest BCUT2D eigenvalue weighted by atomic mass is 35.5. The van der Waals surface area contributed by atoms with Gasteiger partial charge in [-0.3, -0.25) is 14.8 Å². The third-order valence-electron chi connectivity index (χ3n) is 7.61. The molecule has 4 aromatic rings. The Morgan fingerprint density at radius 1 is 1.05 bits per heavy atom. The zero-order valence-corrected chi connectivity index (χ0v) is 26.0. The van der Waals surface area contributed by atoms with Gasteiger partial charge in [0.15, 0.2) is 0 Å². The third-order valence-corrected chi connectivity index (χ3v) is 9.29. The molecule has 0 atom stereocenters. The normalized spacial score (nSPS) is 17.1. The first-order chi connectivity index (χ1) is 20.4. The summed E-state index contributed by atoms with van der Waals surface area (Å²) < 4.78 is 34.9. The molecule has 2 aromatic heterocycles. The van der Waals surface area contributed by atoms with E-state index < -0.39 is 17.2 Å². The van der Waals surface area contributed by atoms with E-state index in [9.17, 15) is 18.4 Å². The summed E-state index contributed by atoms with van der Waals surface area (Å²) in [5, 5.41) is -0.166. The number of carbonyl (C=O) groups excluding carboxylic acids is 2. The number of amides is 2. The molecular formula is C32H33ClF2N4O3S. The third kappa shape index (κ3) is 6.80. The molecule has 0 saturated heterocycles. The molecular weight excluding hydrogens is 594 g/mol. The Morgan fingerprint density at radius 3 is 2.40 bits per heavy atom. The molecule has 2 amide bonds. The van der Waals surface area contributed by atoms with Crippen molar-refractivity contribution in [3.05, 3.63) is 82.1 Å². The van der Waals surface area contributed by atoms with Crippen LogP contribution in [0.15, 0.2) is 55.0 Å². The van der Waals surface area contributed by atoms with Gasteiger partial charge in [-0.2, -0.15) is 0 Å². The second-order valence-corrected chi connectivity index (χ2v) is 13.2. The molecule has 1 saturated carbocycles. The van der Waals surface area contributed by atoms with Gasteiger partial charge in [0.1, 0.15) is 22.1 Å². The molecule has 11 heteroatoms. The number of thiophene rings is 1. The summed E-state index contributed by atoms with van der Waals surface area (Å²) in [7, 11) is 1.74. The Labute approximate surface area is 258 Å². The van der Waals surface area contributed by atoms with E-state index in [1.165, 1.54) is 0 Å². The molecule has 1 aliphatic carbocycles. The fourth-order valence-electron chi connectivity index (χ4n) is 5.45. The second kappa shape index (κ2) is 12.5. The van der Waals surface area contributed by atoms with Gasteiger partial charge >= 0.3 is 6.09 Å². The zero-order chi connectivity index (χ0) is 30.9. The highest BCUT2D eigenvalue weighted by Crippen LogP contribution is 2.40. The molecule has 0 spiro atoms. The van der Waals surface area contributed by atoms with Gasteiger partial charge in [0.25, 0.3) is 5.91 Å². The van der Waals surface area contributed by atoms with Crippen LogP contribution in [0.3, 0.4) is 0 Å². The van der Waals surface area contributed by atoms with Crippen LogP contribution in [-0.2, 0) is 11.3 Å². The maximum absolute atomic E-state index is 14.7. The summed E-state index contributed by atoms with van der Waals surface area (Å²) >= 11 is 7.42. The first kappa shape index (κ1) is 30.8. The first-order valence-corrected chi connectivity index (χ1v) is 15.3. The van der Waals surface area contributed by atoms with Gasteiger partial charge in [-0.25, -0.2) is 13.6 Å². The molecule has 43 heavy (non-hydrogen) atoms. The lowest BCUT2D eigenvalue weighted by atomic mass is 9.89. The maximum Gasteiger partial charge on any atom is 0.410 e.